The standard InChI is InChI=1S/C20H23F4N5O5S.C3H9N/c21-14-3-1-13(2-4-14)16(20(22,23)24)26-15(17(30)27-19(12-25)5-6-19)11-35(33,34)29-9-7-28(8-10-29)18(31)32;1-3(2)4/h1-4,15-16,26H,5-11H2,(H,27,30)(H,31,32);3H,4H2,1-2H3/t15?,16-;/m1./s1. The lowest BCUT2D eigenvalue weighted by atomic mass is 10.0. The van der Waals surface area contributed by atoms with Crippen LogP contribution in [0, 0.1) is 17.1 Å². The maximum Gasteiger partial charge on any atom is 0.407 e. The molecule has 0 aromatic heterocycles. The molecule has 1 saturated heterocycles. The number of nitriles is 1. The first-order valence-electron chi connectivity index (χ1n) is 12.0. The topological polar surface area (TPSA) is 169 Å². The molecule has 1 aromatic carbocycles. The molecule has 1 aromatic rings. The summed E-state index contributed by atoms with van der Waals surface area (Å²) in [5.74, 6) is -2.95. The molecule has 1 saturated carbocycles. The Bertz CT molecular complexity index is 1140. The second-order valence-electron chi connectivity index (χ2n) is 9.62. The van der Waals surface area contributed by atoms with Crippen molar-refractivity contribution >= 4 is 22.0 Å². The SMILES string of the molecule is CC(C)N.N#CC1(NC(=O)C(CS(=O)(=O)N2CCN(C(=O)O)CC2)N[C@H](c2ccc(F)cc2)C(F)(F)F)CC1. The number of benzene rings is 1. The quantitative estimate of drug-likeness (QED) is 0.336. The number of rotatable bonds is 8. The molecular weight excluding hydrogens is 548 g/mol. The molecule has 1 unspecified atom stereocenters. The number of hydrogen-bond acceptors (Lipinski definition) is 7. The summed E-state index contributed by atoms with van der Waals surface area (Å²) in [6.45, 7) is 3.14. The first kappa shape index (κ1) is 32.2. The van der Waals surface area contributed by atoms with Gasteiger partial charge in [-0.05, 0) is 36.6 Å². The normalized spacial score (nSPS) is 18.8. The van der Waals surface area contributed by atoms with E-state index in [1.807, 2.05) is 25.2 Å². The molecule has 2 amide bonds. The van der Waals surface area contributed by atoms with Crippen LogP contribution in [0.4, 0.5) is 22.4 Å². The first-order valence-corrected chi connectivity index (χ1v) is 13.6. The first-order chi connectivity index (χ1) is 18.0. The lowest BCUT2D eigenvalue weighted by Gasteiger charge is -2.34. The number of carboxylic acid groups (broad SMARTS) is 1. The van der Waals surface area contributed by atoms with Gasteiger partial charge in [0.1, 0.15) is 23.4 Å². The molecule has 0 bridgehead atoms. The second-order valence-corrected chi connectivity index (χ2v) is 11.6. The minimum Gasteiger partial charge on any atom is -0.465 e. The van der Waals surface area contributed by atoms with Gasteiger partial charge >= 0.3 is 12.3 Å². The average molecular weight is 581 g/mol. The van der Waals surface area contributed by atoms with Gasteiger partial charge in [-0.15, -0.1) is 0 Å². The Balaban J connectivity index is 0.00000124. The Morgan fingerprint density at radius 3 is 2.08 bits per heavy atom. The van der Waals surface area contributed by atoms with Crippen molar-refractivity contribution < 1.29 is 40.7 Å². The summed E-state index contributed by atoms with van der Waals surface area (Å²) in [5, 5.41) is 22.6. The number of nitrogens with one attached hydrogen (secondary N) is 2. The molecule has 1 heterocycles. The highest BCUT2D eigenvalue weighted by Gasteiger charge is 2.48. The van der Waals surface area contributed by atoms with E-state index in [1.54, 1.807) is 0 Å². The van der Waals surface area contributed by atoms with E-state index in [1.165, 1.54) is 0 Å². The third kappa shape index (κ3) is 9.60. The van der Waals surface area contributed by atoms with Gasteiger partial charge in [0, 0.05) is 26.2 Å². The van der Waals surface area contributed by atoms with E-state index in [9.17, 15) is 40.8 Å². The summed E-state index contributed by atoms with van der Waals surface area (Å²) in [5.41, 5.74) is 3.41. The van der Waals surface area contributed by atoms with E-state index in [-0.39, 0.29) is 39.0 Å². The van der Waals surface area contributed by atoms with E-state index in [4.69, 9.17) is 10.8 Å². The Morgan fingerprint density at radius 1 is 1.15 bits per heavy atom. The molecule has 0 spiro atoms. The van der Waals surface area contributed by atoms with Crippen molar-refractivity contribution in [3.8, 4) is 6.07 Å². The Kier molecular flexibility index (Phi) is 10.7. The van der Waals surface area contributed by atoms with Crippen LogP contribution in [0.25, 0.3) is 0 Å². The van der Waals surface area contributed by atoms with Crippen LogP contribution in [-0.4, -0.2) is 90.5 Å². The van der Waals surface area contributed by atoms with Crippen LogP contribution < -0.4 is 16.4 Å². The number of alkyl halides is 3. The molecule has 2 atom stereocenters. The van der Waals surface area contributed by atoms with Gasteiger partial charge in [0.15, 0.2) is 0 Å². The number of nitrogens with zero attached hydrogens (tertiary/aromatic N) is 3. The Labute approximate surface area is 224 Å². The number of nitrogens with two attached hydrogens (primary N) is 1. The summed E-state index contributed by atoms with van der Waals surface area (Å²) in [6, 6.07) is 1.11. The highest BCUT2D eigenvalue weighted by atomic mass is 32.2. The van der Waals surface area contributed by atoms with E-state index in [2.05, 4.69) is 5.32 Å². The maximum atomic E-state index is 13.9. The molecule has 1 aliphatic carbocycles. The number of amides is 2. The van der Waals surface area contributed by atoms with Crippen LogP contribution in [0.2, 0.25) is 0 Å². The molecular formula is C23H32F4N6O5S. The predicted molar refractivity (Wildman–Crippen MR) is 132 cm³/mol. The van der Waals surface area contributed by atoms with Gasteiger partial charge < -0.3 is 21.1 Å². The fraction of sp³-hybridized carbons (Fsp3) is 0.609. The van der Waals surface area contributed by atoms with Gasteiger partial charge in [-0.1, -0.05) is 26.0 Å². The number of carbonyl (C=O) groups is 2. The number of sulfonamides is 1. The van der Waals surface area contributed by atoms with Gasteiger partial charge in [0.25, 0.3) is 0 Å². The van der Waals surface area contributed by atoms with Crippen molar-refractivity contribution in [3.63, 3.8) is 0 Å². The zero-order chi connectivity index (χ0) is 29.6. The molecule has 1 aliphatic heterocycles. The Morgan fingerprint density at radius 2 is 1.67 bits per heavy atom. The number of hydrogen-bond donors (Lipinski definition) is 4. The van der Waals surface area contributed by atoms with Crippen LogP contribution in [0.1, 0.15) is 38.3 Å². The summed E-state index contributed by atoms with van der Waals surface area (Å²) >= 11 is 0. The zero-order valence-electron chi connectivity index (χ0n) is 21.4. The highest BCUT2D eigenvalue weighted by molar-refractivity contribution is 7.89. The predicted octanol–water partition coefficient (Wildman–Crippen LogP) is 1.54. The van der Waals surface area contributed by atoms with Gasteiger partial charge in [-0.3, -0.25) is 10.1 Å². The molecule has 218 valence electrons. The molecule has 11 nitrogen and oxygen atoms in total. The highest BCUT2D eigenvalue weighted by Crippen LogP contribution is 2.36. The fourth-order valence-electron chi connectivity index (χ4n) is 3.62. The van der Waals surface area contributed by atoms with Crippen LogP contribution >= 0.6 is 0 Å². The largest absolute Gasteiger partial charge is 0.465 e. The van der Waals surface area contributed by atoms with Crippen molar-refractivity contribution in [1.82, 2.24) is 19.8 Å². The second kappa shape index (κ2) is 12.9. The average Bonchev–Trinajstić information content (AvgIpc) is 3.61. The summed E-state index contributed by atoms with van der Waals surface area (Å²) in [7, 11) is -4.32. The monoisotopic (exact) mass is 580 g/mol. The van der Waals surface area contributed by atoms with E-state index >= 15 is 0 Å². The number of piperazine rings is 1. The molecule has 39 heavy (non-hydrogen) atoms. The van der Waals surface area contributed by atoms with Gasteiger partial charge in [-0.25, -0.2) is 17.6 Å². The molecule has 16 heteroatoms. The lowest BCUT2D eigenvalue weighted by Crippen LogP contribution is -2.57. The fourth-order valence-corrected chi connectivity index (χ4v) is 5.22. The number of halogens is 4. The van der Waals surface area contributed by atoms with Crippen LogP contribution in [0.3, 0.4) is 0 Å². The third-order valence-corrected chi connectivity index (χ3v) is 7.73. The minimum atomic E-state index is -4.97. The third-order valence-electron chi connectivity index (χ3n) is 5.82. The van der Waals surface area contributed by atoms with Crippen LogP contribution in [0.5, 0.6) is 0 Å². The molecule has 0 radical (unpaired) electrons. The lowest BCUT2D eigenvalue weighted by molar-refractivity contribution is -0.160. The van der Waals surface area contributed by atoms with Crippen molar-refractivity contribution in [1.29, 1.82) is 5.26 Å². The maximum absolute atomic E-state index is 13.9. The van der Waals surface area contributed by atoms with Crippen molar-refractivity contribution in [2.75, 3.05) is 31.9 Å². The molecule has 2 fully saturated rings. The van der Waals surface area contributed by atoms with Crippen molar-refractivity contribution in [2.45, 2.75) is 56.5 Å². The minimum absolute atomic E-state index is 0.142. The van der Waals surface area contributed by atoms with E-state index in [0.29, 0.717) is 6.04 Å². The molecule has 3 rings (SSSR count). The molecule has 5 N–H and O–H groups in total. The molecule has 2 aliphatic rings. The smallest absolute Gasteiger partial charge is 0.407 e. The van der Waals surface area contributed by atoms with Crippen molar-refractivity contribution in [2.24, 2.45) is 5.73 Å². The Hall–Kier alpha value is -3.00. The van der Waals surface area contributed by atoms with Gasteiger partial charge in [-0.2, -0.15) is 22.7 Å². The zero-order valence-corrected chi connectivity index (χ0v) is 22.2. The van der Waals surface area contributed by atoms with Crippen LogP contribution in [0.15, 0.2) is 24.3 Å². The van der Waals surface area contributed by atoms with Gasteiger partial charge in [0.05, 0.1) is 11.8 Å². The van der Waals surface area contributed by atoms with E-state index < -0.39 is 63.0 Å². The summed E-state index contributed by atoms with van der Waals surface area (Å²) < 4.78 is 81.8. The van der Waals surface area contributed by atoms with Crippen LogP contribution in [-0.2, 0) is 14.8 Å². The summed E-state index contributed by atoms with van der Waals surface area (Å²) in [4.78, 5) is 24.9. The van der Waals surface area contributed by atoms with E-state index in [0.717, 1.165) is 33.5 Å². The van der Waals surface area contributed by atoms with Crippen molar-refractivity contribution in [3.05, 3.63) is 35.6 Å². The van der Waals surface area contributed by atoms with Gasteiger partial charge in [0.2, 0.25) is 15.9 Å². The summed E-state index contributed by atoms with van der Waals surface area (Å²) in [6.07, 6.45) is -5.67. The number of carbonyl (C=O) groups excluding carboxylic acids is 1.